The Morgan fingerprint density at radius 2 is 1.84 bits per heavy atom. The Balaban J connectivity index is 1.61. The van der Waals surface area contributed by atoms with Crippen molar-refractivity contribution in [3.8, 4) is 17.6 Å². The molecule has 1 heterocycles. The van der Waals surface area contributed by atoms with Crippen LogP contribution in [0.2, 0.25) is 0 Å². The maximum Gasteiger partial charge on any atom is 0.162 e. The van der Waals surface area contributed by atoms with Crippen LogP contribution in [-0.2, 0) is 11.4 Å². The first-order chi connectivity index (χ1) is 15.3. The van der Waals surface area contributed by atoms with Crippen LogP contribution in [0.15, 0.2) is 71.1 Å². The molecule has 1 atom stereocenters. The van der Waals surface area contributed by atoms with Gasteiger partial charge in [0.25, 0.3) is 0 Å². The molecular formula is C27H28N2O3. The molecule has 1 aliphatic carbocycles. The minimum Gasteiger partial charge on any atom is -0.496 e. The molecule has 32 heavy (non-hydrogen) atoms. The summed E-state index contributed by atoms with van der Waals surface area (Å²) >= 11 is 0. The smallest absolute Gasteiger partial charge is 0.162 e. The first kappa shape index (κ1) is 21.7. The van der Waals surface area contributed by atoms with Crippen LogP contribution in [0.5, 0.6) is 11.5 Å². The number of rotatable bonds is 5. The predicted molar refractivity (Wildman–Crippen MR) is 123 cm³/mol. The Hall–Kier alpha value is -3.52. The number of ketones is 1. The van der Waals surface area contributed by atoms with Crippen molar-refractivity contribution in [3.05, 3.63) is 82.2 Å². The fourth-order valence-electron chi connectivity index (χ4n) is 4.66. The zero-order chi connectivity index (χ0) is 22.9. The van der Waals surface area contributed by atoms with Crippen LogP contribution >= 0.6 is 0 Å². The number of dihydropyridines is 1. The average molecular weight is 429 g/mol. The van der Waals surface area contributed by atoms with Crippen LogP contribution in [0.3, 0.4) is 0 Å². The lowest BCUT2D eigenvalue weighted by Gasteiger charge is -2.38. The summed E-state index contributed by atoms with van der Waals surface area (Å²) in [5, 5.41) is 13.2. The van der Waals surface area contributed by atoms with E-state index in [2.05, 4.69) is 25.2 Å². The van der Waals surface area contributed by atoms with Crippen LogP contribution in [0.1, 0.15) is 50.7 Å². The number of benzene rings is 2. The third-order valence-electron chi connectivity index (χ3n) is 6.16. The van der Waals surface area contributed by atoms with Gasteiger partial charge in [0.1, 0.15) is 18.1 Å². The fourth-order valence-corrected chi connectivity index (χ4v) is 4.66. The molecule has 0 radical (unpaired) electrons. The van der Waals surface area contributed by atoms with E-state index >= 15 is 0 Å². The lowest BCUT2D eigenvalue weighted by atomic mass is 9.69. The summed E-state index contributed by atoms with van der Waals surface area (Å²) in [5.41, 5.74) is 4.89. The largest absolute Gasteiger partial charge is 0.496 e. The second-order valence-electron chi connectivity index (χ2n) is 9.21. The van der Waals surface area contributed by atoms with E-state index < -0.39 is 0 Å². The molecule has 1 aliphatic heterocycles. The van der Waals surface area contributed by atoms with Crippen molar-refractivity contribution in [3.63, 3.8) is 0 Å². The normalized spacial score (nSPS) is 19.7. The molecule has 0 aromatic heterocycles. The van der Waals surface area contributed by atoms with Gasteiger partial charge in [-0.1, -0.05) is 44.2 Å². The molecule has 0 saturated heterocycles. The first-order valence-corrected chi connectivity index (χ1v) is 10.8. The van der Waals surface area contributed by atoms with Gasteiger partial charge >= 0.3 is 0 Å². The van der Waals surface area contributed by atoms with Gasteiger partial charge in [-0.3, -0.25) is 4.79 Å². The molecule has 0 fully saturated rings. The maximum atomic E-state index is 13.1. The number of hydrogen-bond donors (Lipinski definition) is 1. The highest BCUT2D eigenvalue weighted by Gasteiger charge is 2.41. The Morgan fingerprint density at radius 3 is 2.53 bits per heavy atom. The van der Waals surface area contributed by atoms with Crippen LogP contribution in [0.25, 0.3) is 0 Å². The highest BCUT2D eigenvalue weighted by Crippen LogP contribution is 2.46. The molecule has 0 spiro atoms. The number of carbonyl (C=O) groups is 1. The zero-order valence-corrected chi connectivity index (χ0v) is 19.0. The average Bonchev–Trinajstić information content (AvgIpc) is 2.76. The van der Waals surface area contributed by atoms with Crippen molar-refractivity contribution in [2.24, 2.45) is 5.41 Å². The molecule has 0 bridgehead atoms. The third-order valence-corrected chi connectivity index (χ3v) is 6.16. The number of nitriles is 1. The Kier molecular flexibility index (Phi) is 5.80. The van der Waals surface area contributed by atoms with Gasteiger partial charge in [0.05, 0.1) is 24.7 Å². The summed E-state index contributed by atoms with van der Waals surface area (Å²) in [6.07, 6.45) is 1.28. The standard InChI is InChI=1S/C27H28N2O3/c1-17-21(15-28)25(26-22(29-17)13-27(2,3)14-23(26)30)18-9-11-20(12-10-18)32-16-19-7-5-6-8-24(19)31-4/h5-12,25,29H,13-14,16H2,1-4H3/t25-/m1/s1. The van der Waals surface area contributed by atoms with E-state index in [1.165, 1.54) is 0 Å². The number of hydrogen-bond acceptors (Lipinski definition) is 5. The number of Topliss-reactive ketones (excluding diaryl/α,β-unsaturated/α-hetero) is 1. The summed E-state index contributed by atoms with van der Waals surface area (Å²) in [6.45, 7) is 6.52. The van der Waals surface area contributed by atoms with Crippen molar-refractivity contribution in [2.45, 2.75) is 46.1 Å². The predicted octanol–water partition coefficient (Wildman–Crippen LogP) is 5.40. The Morgan fingerprint density at radius 1 is 1.12 bits per heavy atom. The second kappa shape index (κ2) is 8.55. The van der Waals surface area contributed by atoms with E-state index in [1.807, 2.05) is 55.5 Å². The van der Waals surface area contributed by atoms with Crippen LogP contribution < -0.4 is 14.8 Å². The number of para-hydroxylation sites is 1. The van der Waals surface area contributed by atoms with Gasteiger partial charge in [-0.2, -0.15) is 5.26 Å². The first-order valence-electron chi connectivity index (χ1n) is 10.8. The lowest BCUT2D eigenvalue weighted by Crippen LogP contribution is -2.36. The monoisotopic (exact) mass is 428 g/mol. The van der Waals surface area contributed by atoms with Crippen LogP contribution in [0, 0.1) is 16.7 Å². The number of methoxy groups -OCH3 is 1. The molecule has 2 aromatic carbocycles. The molecule has 4 rings (SSSR count). The minimum absolute atomic E-state index is 0.0892. The van der Waals surface area contributed by atoms with Crippen molar-refractivity contribution in [1.82, 2.24) is 5.32 Å². The lowest BCUT2D eigenvalue weighted by molar-refractivity contribution is -0.118. The van der Waals surface area contributed by atoms with Gasteiger partial charge in [-0.05, 0) is 42.5 Å². The van der Waals surface area contributed by atoms with Gasteiger partial charge in [-0.15, -0.1) is 0 Å². The summed E-state index contributed by atoms with van der Waals surface area (Å²) < 4.78 is 11.3. The Labute approximate surface area is 189 Å². The summed E-state index contributed by atoms with van der Waals surface area (Å²) in [4.78, 5) is 13.1. The van der Waals surface area contributed by atoms with Gasteiger partial charge in [-0.25, -0.2) is 0 Å². The van der Waals surface area contributed by atoms with E-state index in [0.29, 0.717) is 18.6 Å². The third kappa shape index (κ3) is 4.13. The molecule has 0 saturated carbocycles. The van der Waals surface area contributed by atoms with E-state index in [1.54, 1.807) is 7.11 Å². The number of nitrogens with one attached hydrogen (secondary N) is 1. The highest BCUT2D eigenvalue weighted by molar-refractivity contribution is 6.00. The SMILES string of the molecule is COc1ccccc1COc1ccc([C@@H]2C(C#N)=C(C)NC3=C2C(=O)CC(C)(C)C3)cc1. The minimum atomic E-state index is -0.344. The van der Waals surface area contributed by atoms with Crippen molar-refractivity contribution in [1.29, 1.82) is 5.26 Å². The number of ether oxygens (including phenoxy) is 2. The van der Waals surface area contributed by atoms with Crippen molar-refractivity contribution in [2.75, 3.05) is 7.11 Å². The van der Waals surface area contributed by atoms with E-state index in [9.17, 15) is 10.1 Å². The maximum absolute atomic E-state index is 13.1. The van der Waals surface area contributed by atoms with Gasteiger partial charge in [0.15, 0.2) is 5.78 Å². The molecular weight excluding hydrogens is 400 g/mol. The van der Waals surface area contributed by atoms with Gasteiger partial charge in [0, 0.05) is 29.0 Å². The topological polar surface area (TPSA) is 71.3 Å². The molecule has 0 amide bonds. The van der Waals surface area contributed by atoms with Crippen molar-refractivity contribution >= 4 is 5.78 Å². The Bertz CT molecular complexity index is 1150. The molecule has 1 N–H and O–H groups in total. The van der Waals surface area contributed by atoms with Gasteiger partial charge < -0.3 is 14.8 Å². The molecule has 0 unspecified atom stereocenters. The number of carbonyl (C=O) groups excluding carboxylic acids is 1. The molecule has 5 nitrogen and oxygen atoms in total. The molecule has 2 aromatic rings. The van der Waals surface area contributed by atoms with Crippen molar-refractivity contribution < 1.29 is 14.3 Å². The number of nitrogens with zero attached hydrogens (tertiary/aromatic N) is 1. The quantitative estimate of drug-likeness (QED) is 0.690. The summed E-state index contributed by atoms with van der Waals surface area (Å²) in [7, 11) is 1.64. The molecule has 2 aliphatic rings. The second-order valence-corrected chi connectivity index (χ2v) is 9.21. The zero-order valence-electron chi connectivity index (χ0n) is 19.0. The highest BCUT2D eigenvalue weighted by atomic mass is 16.5. The number of allylic oxidation sites excluding steroid dienone is 4. The van der Waals surface area contributed by atoms with E-state index in [-0.39, 0.29) is 17.1 Å². The summed E-state index contributed by atoms with van der Waals surface area (Å²) in [6, 6.07) is 17.8. The van der Waals surface area contributed by atoms with Crippen LogP contribution in [0.4, 0.5) is 0 Å². The van der Waals surface area contributed by atoms with Crippen LogP contribution in [-0.4, -0.2) is 12.9 Å². The van der Waals surface area contributed by atoms with E-state index in [4.69, 9.17) is 9.47 Å². The molecule has 5 heteroatoms. The van der Waals surface area contributed by atoms with Gasteiger partial charge in [0.2, 0.25) is 0 Å². The summed E-state index contributed by atoms with van der Waals surface area (Å²) in [5.74, 6) is 1.28. The fraction of sp³-hybridized carbons (Fsp3) is 0.333. The molecule has 164 valence electrons. The van der Waals surface area contributed by atoms with E-state index in [0.717, 1.165) is 46.0 Å².